The van der Waals surface area contributed by atoms with Crippen molar-refractivity contribution >= 4 is 60.1 Å². The summed E-state index contributed by atoms with van der Waals surface area (Å²) >= 11 is 0. The minimum atomic E-state index is -0.880. The standard InChI is InChI=1S/C56H95BN7O12/c1-5-6-32-62(36-27-51(70)40-47-19-14-26-53(41-47)76-57-75)33-15-23-49(68)21-10-11-22-50(69)25-17-35-63(34-16-24-48(67)20-9-8-18-45(2)65)43-52(71)44-64(37-30-60-54(72)39-46(3)66)38-31-61-56(74)42-55(73)59-29-13-7-12-28-58-4/h14,19,26,41,52,58,71,75H,5-13,15-18,20-25,27-40,42-44H2,1-4H3,(H,59,73)(H,60,72)(H,61,74). The Bertz CT molecular complexity index is 1860. The zero-order valence-corrected chi connectivity index (χ0v) is 46.7. The molecule has 0 spiro atoms. The van der Waals surface area contributed by atoms with Crippen molar-refractivity contribution in [1.29, 1.82) is 0 Å². The highest BCUT2D eigenvalue weighted by Crippen LogP contribution is 2.15. The molecule has 1 aromatic carbocycles. The second-order valence-electron chi connectivity index (χ2n) is 20.1. The van der Waals surface area contributed by atoms with Gasteiger partial charge in [-0.25, -0.2) is 0 Å². The number of nitrogens with one attached hydrogen (secondary N) is 4. The smallest absolute Gasteiger partial charge is 0.537 e. The second-order valence-corrected chi connectivity index (χ2v) is 20.1. The van der Waals surface area contributed by atoms with Gasteiger partial charge < -0.3 is 50.6 Å². The van der Waals surface area contributed by atoms with Gasteiger partial charge in [-0.2, -0.15) is 0 Å². The van der Waals surface area contributed by atoms with Gasteiger partial charge in [0.1, 0.15) is 46.9 Å². The van der Waals surface area contributed by atoms with E-state index in [1.54, 1.807) is 18.2 Å². The largest absolute Gasteiger partial charge is 0.569 e. The van der Waals surface area contributed by atoms with Gasteiger partial charge in [-0.1, -0.05) is 31.9 Å². The van der Waals surface area contributed by atoms with Gasteiger partial charge in [-0.05, 0) is 136 Å². The molecule has 0 aliphatic heterocycles. The maximum absolute atomic E-state index is 13.0. The van der Waals surface area contributed by atoms with Gasteiger partial charge in [0.05, 0.1) is 12.5 Å². The number of unbranched alkanes of at least 4 members (excludes halogenated alkanes) is 5. The number of hydrogen-bond acceptors (Lipinski definition) is 16. The van der Waals surface area contributed by atoms with Crippen molar-refractivity contribution in [3.8, 4) is 5.75 Å². The van der Waals surface area contributed by atoms with E-state index in [1.807, 2.05) is 22.9 Å². The Morgan fingerprint density at radius 2 is 1.01 bits per heavy atom. The zero-order chi connectivity index (χ0) is 56.2. The Morgan fingerprint density at radius 3 is 1.54 bits per heavy atom. The molecule has 0 heterocycles. The fraction of sp³-hybridized carbons (Fsp3) is 0.732. The number of ketones is 6. The van der Waals surface area contributed by atoms with E-state index in [0.29, 0.717) is 149 Å². The first-order valence-electron chi connectivity index (χ1n) is 28.1. The lowest BCUT2D eigenvalue weighted by atomic mass is 10.0. The van der Waals surface area contributed by atoms with Gasteiger partial charge in [0.2, 0.25) is 17.7 Å². The maximum Gasteiger partial charge on any atom is 0.569 e. The van der Waals surface area contributed by atoms with Crippen LogP contribution in [0.2, 0.25) is 0 Å². The number of carbonyl (C=O) groups excluding carboxylic acids is 9. The highest BCUT2D eigenvalue weighted by atomic mass is 16.5. The third kappa shape index (κ3) is 40.5. The first-order valence-corrected chi connectivity index (χ1v) is 28.1. The quantitative estimate of drug-likeness (QED) is 0.0306. The van der Waals surface area contributed by atoms with E-state index < -0.39 is 17.9 Å². The highest BCUT2D eigenvalue weighted by molar-refractivity contribution is 6.17. The highest BCUT2D eigenvalue weighted by Gasteiger charge is 2.19. The molecule has 0 aromatic heterocycles. The molecule has 0 bridgehead atoms. The summed E-state index contributed by atoms with van der Waals surface area (Å²) in [5.74, 6) is -0.449. The lowest BCUT2D eigenvalue weighted by Gasteiger charge is -2.29. The lowest BCUT2D eigenvalue weighted by molar-refractivity contribution is -0.130. The monoisotopic (exact) mass is 1070 g/mol. The van der Waals surface area contributed by atoms with Crippen LogP contribution in [0.1, 0.15) is 168 Å². The Kier molecular flexibility index (Phi) is 41.3. The summed E-state index contributed by atoms with van der Waals surface area (Å²) < 4.78 is 5.01. The van der Waals surface area contributed by atoms with E-state index in [-0.39, 0.29) is 86.0 Å². The third-order valence-corrected chi connectivity index (χ3v) is 12.8. The number of benzene rings is 1. The predicted octanol–water partition coefficient (Wildman–Crippen LogP) is 4.03. The molecule has 20 heteroatoms. The minimum Gasteiger partial charge on any atom is -0.537 e. The van der Waals surface area contributed by atoms with Crippen molar-refractivity contribution in [3.63, 3.8) is 0 Å². The fourth-order valence-electron chi connectivity index (χ4n) is 8.66. The summed E-state index contributed by atoms with van der Waals surface area (Å²) in [6, 6.07) is 7.06. The summed E-state index contributed by atoms with van der Waals surface area (Å²) in [5, 5.41) is 31.7. The van der Waals surface area contributed by atoms with Crippen LogP contribution >= 0.6 is 0 Å². The minimum absolute atomic E-state index is 0.0946. The van der Waals surface area contributed by atoms with Crippen LogP contribution < -0.4 is 25.9 Å². The number of carbonyl (C=O) groups is 9. The molecule has 6 N–H and O–H groups in total. The topological polar surface area (TPSA) is 261 Å². The molecule has 0 saturated heterocycles. The van der Waals surface area contributed by atoms with Crippen LogP contribution in [-0.2, 0) is 49.6 Å². The van der Waals surface area contributed by atoms with Crippen LogP contribution in [-0.4, -0.2) is 183 Å². The summed E-state index contributed by atoms with van der Waals surface area (Å²) in [6.07, 6.45) is 11.1. The van der Waals surface area contributed by atoms with Crippen LogP contribution in [0.25, 0.3) is 0 Å². The molecule has 76 heavy (non-hydrogen) atoms. The molecule has 1 rings (SSSR count). The van der Waals surface area contributed by atoms with Crippen LogP contribution in [0, 0.1) is 0 Å². The van der Waals surface area contributed by atoms with Crippen molar-refractivity contribution in [2.75, 3.05) is 92.1 Å². The summed E-state index contributed by atoms with van der Waals surface area (Å²) in [6.45, 7) is 11.0. The molecule has 1 aromatic rings. The Morgan fingerprint density at radius 1 is 0.526 bits per heavy atom. The number of rotatable bonds is 52. The normalized spacial score (nSPS) is 11.6. The van der Waals surface area contributed by atoms with Crippen molar-refractivity contribution < 1.29 is 57.9 Å². The van der Waals surface area contributed by atoms with Gasteiger partial charge in [-0.15, -0.1) is 0 Å². The van der Waals surface area contributed by atoms with E-state index >= 15 is 0 Å². The van der Waals surface area contributed by atoms with Gasteiger partial charge in [-0.3, -0.25) is 43.3 Å². The van der Waals surface area contributed by atoms with E-state index in [4.69, 9.17) is 9.68 Å². The molecule has 0 aliphatic rings. The first kappa shape index (κ1) is 69.3. The van der Waals surface area contributed by atoms with Gasteiger partial charge in [0.25, 0.3) is 0 Å². The maximum atomic E-state index is 13.0. The van der Waals surface area contributed by atoms with E-state index in [1.165, 1.54) is 13.8 Å². The summed E-state index contributed by atoms with van der Waals surface area (Å²) in [7, 11) is 2.50. The molecule has 1 unspecified atom stereocenters. The number of amides is 3. The Balaban J connectivity index is 2.72. The van der Waals surface area contributed by atoms with Crippen LogP contribution in [0.4, 0.5) is 0 Å². The molecule has 429 valence electrons. The van der Waals surface area contributed by atoms with E-state index in [9.17, 15) is 48.3 Å². The van der Waals surface area contributed by atoms with Crippen molar-refractivity contribution in [3.05, 3.63) is 29.8 Å². The summed E-state index contributed by atoms with van der Waals surface area (Å²) in [4.78, 5) is 117. The van der Waals surface area contributed by atoms with Crippen LogP contribution in [0.3, 0.4) is 0 Å². The zero-order valence-electron chi connectivity index (χ0n) is 46.7. The van der Waals surface area contributed by atoms with Crippen LogP contribution in [0.15, 0.2) is 24.3 Å². The number of aliphatic hydroxyl groups excluding tert-OH is 1. The molecule has 0 aliphatic carbocycles. The average Bonchev–Trinajstić information content (AvgIpc) is 3.35. The van der Waals surface area contributed by atoms with Gasteiger partial charge in [0.15, 0.2) is 0 Å². The first-order chi connectivity index (χ1) is 36.5. The average molecular weight is 1070 g/mol. The van der Waals surface area contributed by atoms with Crippen molar-refractivity contribution in [1.82, 2.24) is 36.0 Å². The lowest BCUT2D eigenvalue weighted by Crippen LogP contribution is -2.46. The molecule has 19 nitrogen and oxygen atoms in total. The van der Waals surface area contributed by atoms with Crippen molar-refractivity contribution in [2.45, 2.75) is 175 Å². The third-order valence-electron chi connectivity index (χ3n) is 12.8. The Labute approximate surface area is 454 Å². The number of nitrogens with zero attached hydrogens (tertiary/aromatic N) is 3. The number of hydrogen-bond donors (Lipinski definition) is 6. The fourth-order valence-corrected chi connectivity index (χ4v) is 8.66. The van der Waals surface area contributed by atoms with Gasteiger partial charge in [0, 0.05) is 110 Å². The molecule has 1 atom stereocenters. The van der Waals surface area contributed by atoms with Gasteiger partial charge >= 0.3 is 7.69 Å². The van der Waals surface area contributed by atoms with E-state index in [2.05, 4.69) is 33.1 Å². The van der Waals surface area contributed by atoms with Crippen molar-refractivity contribution in [2.24, 2.45) is 0 Å². The molecule has 1 radical (unpaired) electrons. The molecule has 0 fully saturated rings. The summed E-state index contributed by atoms with van der Waals surface area (Å²) in [5.41, 5.74) is 0.813. The number of aliphatic hydroxyl groups is 1. The SMILES string of the molecule is CCCCN(CCCC(=O)CCCCC(=O)CCCN(CCCC(=O)CCCCC(C)=O)CC(O)CN(CCNC(=O)CC(C)=O)CCNC(=O)CC(=O)NCCCCCNC)CCC(=O)Cc1cccc(O[B]O)c1. The molecule has 3 amide bonds. The number of Topliss-reactive ketones (excluding diaryl/α,β-unsaturated/α-hetero) is 6. The second kappa shape index (κ2) is 45.3. The molecular weight excluding hydrogens is 973 g/mol. The molecular formula is C56H95BN7O12. The predicted molar refractivity (Wildman–Crippen MR) is 296 cm³/mol. The Hall–Kier alpha value is -4.73. The molecule has 0 saturated carbocycles. The van der Waals surface area contributed by atoms with Crippen LogP contribution in [0.5, 0.6) is 5.75 Å². The van der Waals surface area contributed by atoms with E-state index in [0.717, 1.165) is 57.3 Å².